The van der Waals surface area contributed by atoms with Gasteiger partial charge in [0.25, 0.3) is 0 Å². The molecule has 2 aromatic rings. The molecule has 25 heavy (non-hydrogen) atoms. The summed E-state index contributed by atoms with van der Waals surface area (Å²) >= 11 is 1.35. The van der Waals surface area contributed by atoms with Crippen molar-refractivity contribution >= 4 is 18.0 Å². The van der Waals surface area contributed by atoms with E-state index in [1.54, 1.807) is 10.4 Å². The second-order valence-corrected chi connectivity index (χ2v) is 7.92. The van der Waals surface area contributed by atoms with Gasteiger partial charge in [0.05, 0.1) is 5.54 Å². The minimum absolute atomic E-state index is 0.396. The summed E-state index contributed by atoms with van der Waals surface area (Å²) in [6.45, 7) is 11.6. The molecule has 0 saturated carbocycles. The van der Waals surface area contributed by atoms with Crippen molar-refractivity contribution in [1.29, 1.82) is 0 Å². The van der Waals surface area contributed by atoms with Crippen molar-refractivity contribution in [2.24, 2.45) is 0 Å². The fourth-order valence-electron chi connectivity index (χ4n) is 2.31. The Hall–Kier alpha value is -2.20. The summed E-state index contributed by atoms with van der Waals surface area (Å²) in [6.07, 6.45) is 1.38. The van der Waals surface area contributed by atoms with Crippen LogP contribution in [0, 0.1) is 0 Å². The van der Waals surface area contributed by atoms with E-state index in [1.807, 2.05) is 88.4 Å². The first-order chi connectivity index (χ1) is 11.8. The van der Waals surface area contributed by atoms with Gasteiger partial charge in [-0.2, -0.15) is 0 Å². The third-order valence-electron chi connectivity index (χ3n) is 3.68. The Labute approximate surface area is 154 Å². The van der Waals surface area contributed by atoms with E-state index in [2.05, 4.69) is 6.58 Å². The highest BCUT2D eigenvalue weighted by Gasteiger charge is 2.38. The lowest BCUT2D eigenvalue weighted by Gasteiger charge is -2.39. The predicted molar refractivity (Wildman–Crippen MR) is 104 cm³/mol. The van der Waals surface area contributed by atoms with E-state index >= 15 is 0 Å². The van der Waals surface area contributed by atoms with Crippen LogP contribution in [-0.2, 0) is 10.3 Å². The zero-order valence-corrected chi connectivity index (χ0v) is 16.0. The van der Waals surface area contributed by atoms with Gasteiger partial charge in [-0.25, -0.2) is 9.10 Å². The highest BCUT2D eigenvalue weighted by atomic mass is 32.2. The van der Waals surface area contributed by atoms with E-state index in [1.165, 1.54) is 11.9 Å². The average Bonchev–Trinajstić information content (AvgIpc) is 2.59. The first kappa shape index (κ1) is 19.1. The molecular weight excluding hydrogens is 330 g/mol. The topological polar surface area (TPSA) is 29.5 Å². The molecule has 0 aliphatic rings. The zero-order valence-electron chi connectivity index (χ0n) is 15.2. The molecule has 2 aromatic carbocycles. The van der Waals surface area contributed by atoms with Gasteiger partial charge in [0, 0.05) is 4.90 Å². The Balaban J connectivity index is 2.45. The van der Waals surface area contributed by atoms with Gasteiger partial charge in [-0.15, -0.1) is 6.58 Å². The first-order valence-corrected chi connectivity index (χ1v) is 8.99. The smallest absolute Gasteiger partial charge is 0.421 e. The van der Waals surface area contributed by atoms with Crippen molar-refractivity contribution in [2.45, 2.75) is 43.7 Å². The number of hydrogen-bond donors (Lipinski definition) is 0. The standard InChI is InChI=1S/C21H25NO2S/c1-6-21(5,17-13-9-7-10-14-17)22(19(23)24-20(2,3)4)25-18-15-11-8-12-16-18/h6-16H,1H2,2-5H3. The number of benzene rings is 2. The molecule has 0 radical (unpaired) electrons. The Morgan fingerprint density at radius 2 is 1.52 bits per heavy atom. The minimum atomic E-state index is -0.718. The fraction of sp³-hybridized carbons (Fsp3) is 0.286. The number of carbonyl (C=O) groups is 1. The third kappa shape index (κ3) is 4.89. The molecule has 0 aromatic heterocycles. The summed E-state index contributed by atoms with van der Waals surface area (Å²) in [5.41, 5.74) is -0.325. The Kier molecular flexibility index (Phi) is 5.96. The number of hydrogen-bond acceptors (Lipinski definition) is 3. The van der Waals surface area contributed by atoms with Gasteiger partial charge in [0.15, 0.2) is 0 Å². The molecule has 0 aliphatic heterocycles. The second kappa shape index (κ2) is 7.79. The zero-order chi connectivity index (χ0) is 18.5. The van der Waals surface area contributed by atoms with Crippen LogP contribution >= 0.6 is 11.9 Å². The summed E-state index contributed by atoms with van der Waals surface area (Å²) in [6, 6.07) is 19.6. The maximum absolute atomic E-state index is 13.0. The van der Waals surface area contributed by atoms with Crippen LogP contribution in [0.25, 0.3) is 0 Å². The van der Waals surface area contributed by atoms with E-state index in [0.29, 0.717) is 0 Å². The molecule has 0 fully saturated rings. The maximum atomic E-state index is 13.0. The van der Waals surface area contributed by atoms with Crippen molar-refractivity contribution in [3.8, 4) is 0 Å². The Morgan fingerprint density at radius 3 is 2.00 bits per heavy atom. The number of nitrogens with zero attached hydrogens (tertiary/aromatic N) is 1. The molecule has 1 atom stereocenters. The largest absolute Gasteiger partial charge is 0.443 e. The monoisotopic (exact) mass is 355 g/mol. The van der Waals surface area contributed by atoms with Gasteiger partial charge in [-0.1, -0.05) is 54.6 Å². The maximum Gasteiger partial charge on any atom is 0.421 e. The second-order valence-electron chi connectivity index (χ2n) is 6.90. The highest BCUT2D eigenvalue weighted by Crippen LogP contribution is 2.39. The molecule has 132 valence electrons. The summed E-state index contributed by atoms with van der Waals surface area (Å²) < 4.78 is 7.31. The van der Waals surface area contributed by atoms with Crippen LogP contribution in [0.4, 0.5) is 4.79 Å². The normalized spacial score (nSPS) is 13.6. The van der Waals surface area contributed by atoms with E-state index in [0.717, 1.165) is 10.5 Å². The predicted octanol–water partition coefficient (Wildman–Crippen LogP) is 6.03. The molecule has 0 N–H and O–H groups in total. The fourth-order valence-corrected chi connectivity index (χ4v) is 3.28. The number of ether oxygens (including phenoxy) is 1. The van der Waals surface area contributed by atoms with Crippen LogP contribution in [-0.4, -0.2) is 16.0 Å². The van der Waals surface area contributed by atoms with Crippen LogP contribution in [0.1, 0.15) is 33.3 Å². The lowest BCUT2D eigenvalue weighted by molar-refractivity contribution is 0.0308. The molecule has 0 spiro atoms. The summed E-state index contributed by atoms with van der Waals surface area (Å²) in [5.74, 6) is 0. The van der Waals surface area contributed by atoms with Crippen molar-refractivity contribution < 1.29 is 9.53 Å². The third-order valence-corrected chi connectivity index (χ3v) is 4.87. The number of carbonyl (C=O) groups excluding carboxylic acids is 1. The van der Waals surface area contributed by atoms with Gasteiger partial charge in [-0.3, -0.25) is 0 Å². The molecule has 0 heterocycles. The first-order valence-electron chi connectivity index (χ1n) is 8.21. The van der Waals surface area contributed by atoms with E-state index in [-0.39, 0.29) is 0 Å². The van der Waals surface area contributed by atoms with Gasteiger partial charge < -0.3 is 4.74 Å². The molecule has 1 amide bonds. The van der Waals surface area contributed by atoms with Gasteiger partial charge in [-0.05, 0) is 57.3 Å². The lowest BCUT2D eigenvalue weighted by atomic mass is 9.92. The average molecular weight is 356 g/mol. The minimum Gasteiger partial charge on any atom is -0.443 e. The number of rotatable bonds is 5. The molecule has 3 nitrogen and oxygen atoms in total. The van der Waals surface area contributed by atoms with Crippen LogP contribution in [0.15, 0.2) is 78.2 Å². The molecule has 0 aliphatic carbocycles. The Morgan fingerprint density at radius 1 is 1.00 bits per heavy atom. The van der Waals surface area contributed by atoms with Crippen molar-refractivity contribution in [2.75, 3.05) is 0 Å². The van der Waals surface area contributed by atoms with E-state index in [4.69, 9.17) is 4.74 Å². The SMILES string of the molecule is C=CC(C)(c1ccccc1)N(Sc1ccccc1)C(=O)OC(C)(C)C. The summed E-state index contributed by atoms with van der Waals surface area (Å²) in [7, 11) is 0. The summed E-state index contributed by atoms with van der Waals surface area (Å²) in [5, 5.41) is 0. The van der Waals surface area contributed by atoms with E-state index in [9.17, 15) is 4.79 Å². The van der Waals surface area contributed by atoms with Crippen LogP contribution in [0.2, 0.25) is 0 Å². The molecule has 0 saturated heterocycles. The van der Waals surface area contributed by atoms with Crippen LogP contribution in [0.5, 0.6) is 0 Å². The molecule has 4 heteroatoms. The van der Waals surface area contributed by atoms with Crippen LogP contribution < -0.4 is 0 Å². The van der Waals surface area contributed by atoms with Gasteiger partial charge in [0.2, 0.25) is 0 Å². The molecular formula is C21H25NO2S. The Bertz CT molecular complexity index is 710. The van der Waals surface area contributed by atoms with E-state index < -0.39 is 17.2 Å². The van der Waals surface area contributed by atoms with Gasteiger partial charge in [0.1, 0.15) is 5.60 Å². The summed E-state index contributed by atoms with van der Waals surface area (Å²) in [4.78, 5) is 13.9. The molecule has 1 unspecified atom stereocenters. The number of amides is 1. The van der Waals surface area contributed by atoms with Crippen molar-refractivity contribution in [3.05, 3.63) is 78.9 Å². The quantitative estimate of drug-likeness (QED) is 0.484. The van der Waals surface area contributed by atoms with Crippen molar-refractivity contribution in [1.82, 2.24) is 4.31 Å². The highest BCUT2D eigenvalue weighted by molar-refractivity contribution is 7.97. The lowest BCUT2D eigenvalue weighted by Crippen LogP contribution is -2.44. The van der Waals surface area contributed by atoms with Crippen LogP contribution in [0.3, 0.4) is 0 Å². The van der Waals surface area contributed by atoms with Crippen molar-refractivity contribution in [3.63, 3.8) is 0 Å². The van der Waals surface area contributed by atoms with Gasteiger partial charge >= 0.3 is 6.09 Å². The molecule has 0 bridgehead atoms. The molecule has 2 rings (SSSR count).